The molecule has 3 aromatic carbocycles. The summed E-state index contributed by atoms with van der Waals surface area (Å²) in [6.45, 7) is 5.65. The number of fused-ring (bicyclic) bond motifs is 2. The molecule has 37 heavy (non-hydrogen) atoms. The smallest absolute Gasteiger partial charge is 0.251 e. The molecule has 8 nitrogen and oxygen atoms in total. The summed E-state index contributed by atoms with van der Waals surface area (Å²) in [5.74, 6) is 1.68. The summed E-state index contributed by atoms with van der Waals surface area (Å²) in [5, 5.41) is 7.51. The minimum atomic E-state index is -0.114. The topological polar surface area (TPSA) is 102 Å². The number of carbonyl (C=O) groups is 1. The molecule has 0 aliphatic heterocycles. The lowest BCUT2D eigenvalue weighted by atomic mass is 9.83. The van der Waals surface area contributed by atoms with Crippen molar-refractivity contribution in [2.45, 2.75) is 20.8 Å². The summed E-state index contributed by atoms with van der Waals surface area (Å²) in [5.41, 5.74) is 6.63. The van der Waals surface area contributed by atoms with E-state index in [1.54, 1.807) is 17.7 Å². The molecular weight excluding hydrogens is 464 g/mol. The minimum absolute atomic E-state index is 0.0714. The number of hydrogen-bond donors (Lipinski definition) is 2. The number of rotatable bonds is 4. The normalized spacial score (nSPS) is 11.9. The lowest BCUT2D eigenvalue weighted by molar-refractivity contribution is 0.104. The zero-order valence-electron chi connectivity index (χ0n) is 20.9. The molecule has 0 amide bonds. The zero-order chi connectivity index (χ0) is 25.8. The van der Waals surface area contributed by atoms with Crippen LogP contribution in [0.1, 0.15) is 33.1 Å². The van der Waals surface area contributed by atoms with E-state index in [-0.39, 0.29) is 11.3 Å². The van der Waals surface area contributed by atoms with E-state index < -0.39 is 0 Å². The van der Waals surface area contributed by atoms with Crippen LogP contribution in [0, 0.1) is 20.8 Å². The van der Waals surface area contributed by atoms with Gasteiger partial charge in [-0.3, -0.25) is 9.59 Å². The minimum Gasteiger partial charge on any atom is -0.355 e. The van der Waals surface area contributed by atoms with E-state index in [2.05, 4.69) is 25.6 Å². The number of ketones is 1. The van der Waals surface area contributed by atoms with Crippen LogP contribution in [0.15, 0.2) is 65.5 Å². The first kappa shape index (κ1) is 22.6. The first-order valence-corrected chi connectivity index (χ1v) is 11.9. The van der Waals surface area contributed by atoms with E-state index in [1.165, 1.54) is 0 Å². The van der Waals surface area contributed by atoms with Gasteiger partial charge in [-0.25, -0.2) is 4.98 Å². The molecule has 0 bridgehead atoms. The number of hydrogen-bond acceptors (Lipinski definition) is 7. The van der Waals surface area contributed by atoms with Crippen LogP contribution < -0.4 is 16.2 Å². The Kier molecular flexibility index (Phi) is 5.12. The van der Waals surface area contributed by atoms with Crippen LogP contribution in [0.3, 0.4) is 0 Å². The van der Waals surface area contributed by atoms with Crippen LogP contribution in [0.4, 0.5) is 23.0 Å². The van der Waals surface area contributed by atoms with Gasteiger partial charge in [0.05, 0.1) is 16.8 Å². The summed E-state index contributed by atoms with van der Waals surface area (Å²) in [6, 6.07) is 18.7. The molecule has 1 aliphatic carbocycles. The molecule has 0 spiro atoms. The lowest BCUT2D eigenvalue weighted by Crippen LogP contribution is -2.21. The largest absolute Gasteiger partial charge is 0.355 e. The van der Waals surface area contributed by atoms with Gasteiger partial charge in [0, 0.05) is 35.4 Å². The predicted octanol–water partition coefficient (Wildman–Crippen LogP) is 5.35. The maximum Gasteiger partial charge on any atom is 0.251 e. The van der Waals surface area contributed by atoms with Crippen molar-refractivity contribution in [2.75, 3.05) is 10.6 Å². The Hall–Kier alpha value is -4.85. The fraction of sp³-hybridized carbons (Fsp3) is 0.138. The quantitative estimate of drug-likeness (QED) is 0.345. The van der Waals surface area contributed by atoms with Gasteiger partial charge in [-0.1, -0.05) is 30.3 Å². The number of benzene rings is 3. The molecule has 8 heteroatoms. The van der Waals surface area contributed by atoms with E-state index in [0.717, 1.165) is 39.0 Å². The molecule has 0 unspecified atom stereocenters. The van der Waals surface area contributed by atoms with Crippen molar-refractivity contribution < 1.29 is 4.79 Å². The lowest BCUT2D eigenvalue weighted by Gasteiger charge is -2.24. The molecule has 0 radical (unpaired) electrons. The summed E-state index contributed by atoms with van der Waals surface area (Å²) < 4.78 is 1.59. The Labute approximate surface area is 213 Å². The Morgan fingerprint density at radius 3 is 2.22 bits per heavy atom. The van der Waals surface area contributed by atoms with Crippen molar-refractivity contribution in [3.8, 4) is 11.1 Å². The number of nitrogens with one attached hydrogen (secondary N) is 2. The summed E-state index contributed by atoms with van der Waals surface area (Å²) >= 11 is 0. The van der Waals surface area contributed by atoms with E-state index in [1.807, 2.05) is 75.4 Å². The van der Waals surface area contributed by atoms with E-state index in [9.17, 15) is 9.59 Å². The summed E-state index contributed by atoms with van der Waals surface area (Å²) in [4.78, 5) is 39.5. The first-order chi connectivity index (χ1) is 17.8. The van der Waals surface area contributed by atoms with E-state index in [0.29, 0.717) is 34.4 Å². The van der Waals surface area contributed by atoms with Crippen molar-refractivity contribution in [3.63, 3.8) is 0 Å². The van der Waals surface area contributed by atoms with Gasteiger partial charge in [0.25, 0.3) is 5.56 Å². The van der Waals surface area contributed by atoms with E-state index in [4.69, 9.17) is 0 Å². The Morgan fingerprint density at radius 2 is 1.46 bits per heavy atom. The monoisotopic (exact) mass is 488 g/mol. The number of aromatic nitrogens is 4. The van der Waals surface area contributed by atoms with Gasteiger partial charge in [-0.05, 0) is 61.7 Å². The molecule has 5 aromatic rings. The van der Waals surface area contributed by atoms with Gasteiger partial charge in [-0.15, -0.1) is 0 Å². The maximum absolute atomic E-state index is 13.8. The Balaban J connectivity index is 1.48. The van der Waals surface area contributed by atoms with Crippen molar-refractivity contribution in [1.29, 1.82) is 0 Å². The fourth-order valence-electron chi connectivity index (χ4n) is 4.94. The van der Waals surface area contributed by atoms with Crippen molar-refractivity contribution >= 4 is 39.7 Å². The third kappa shape index (κ3) is 3.74. The van der Waals surface area contributed by atoms with Crippen LogP contribution in [0.2, 0.25) is 0 Å². The highest BCUT2D eigenvalue weighted by Crippen LogP contribution is 2.42. The SMILES string of the molecule is Cc1nc(C)nc(Nc2ccc(C)c(Nc3ccc4c5c(cc(=O)n4C)-c4ccccc4C(=O)c35)c2)n1. The summed E-state index contributed by atoms with van der Waals surface area (Å²) in [6.07, 6.45) is 0. The Bertz CT molecular complexity index is 1800. The second-order valence-corrected chi connectivity index (χ2v) is 9.25. The second-order valence-electron chi connectivity index (χ2n) is 9.25. The fourth-order valence-corrected chi connectivity index (χ4v) is 4.94. The molecule has 0 saturated carbocycles. The highest BCUT2D eigenvalue weighted by molar-refractivity contribution is 6.28. The average molecular weight is 489 g/mol. The Morgan fingerprint density at radius 1 is 0.730 bits per heavy atom. The molecule has 6 rings (SSSR count). The number of pyridine rings is 1. The van der Waals surface area contributed by atoms with Crippen LogP contribution in [0.5, 0.6) is 0 Å². The standard InChI is InChI=1S/C29H24N6O2/c1-15-9-10-18(33-29-31-16(2)30-17(3)32-29)13-23(15)34-22-11-12-24-26-21(14-25(36)35(24)4)19-7-5-6-8-20(19)28(37)27(22)26/h5-14,34H,1-4H3,(H,30,31,32,33). The zero-order valence-corrected chi connectivity index (χ0v) is 20.9. The van der Waals surface area contributed by atoms with Crippen LogP contribution in [0.25, 0.3) is 22.0 Å². The van der Waals surface area contributed by atoms with E-state index >= 15 is 0 Å². The highest BCUT2D eigenvalue weighted by Gasteiger charge is 2.29. The summed E-state index contributed by atoms with van der Waals surface area (Å²) in [7, 11) is 1.73. The molecule has 2 heterocycles. The van der Waals surface area contributed by atoms with Crippen molar-refractivity contribution in [3.05, 3.63) is 99.4 Å². The third-order valence-corrected chi connectivity index (χ3v) is 6.72. The second kappa shape index (κ2) is 8.37. The highest BCUT2D eigenvalue weighted by atomic mass is 16.1. The van der Waals surface area contributed by atoms with Gasteiger partial charge in [0.1, 0.15) is 11.6 Å². The molecule has 2 N–H and O–H groups in total. The van der Waals surface area contributed by atoms with Crippen LogP contribution >= 0.6 is 0 Å². The number of aryl methyl sites for hydroxylation is 4. The molecule has 0 fully saturated rings. The average Bonchev–Trinajstić information content (AvgIpc) is 2.86. The number of nitrogens with zero attached hydrogens (tertiary/aromatic N) is 4. The predicted molar refractivity (Wildman–Crippen MR) is 145 cm³/mol. The van der Waals surface area contributed by atoms with Gasteiger partial charge < -0.3 is 15.2 Å². The third-order valence-electron chi connectivity index (χ3n) is 6.72. The molecule has 0 saturated heterocycles. The van der Waals surface area contributed by atoms with Gasteiger partial charge >= 0.3 is 0 Å². The maximum atomic E-state index is 13.8. The van der Waals surface area contributed by atoms with Crippen molar-refractivity contribution in [1.82, 2.24) is 19.5 Å². The number of carbonyl (C=O) groups excluding carboxylic acids is 1. The van der Waals surface area contributed by atoms with Gasteiger partial charge in [0.2, 0.25) is 5.95 Å². The van der Waals surface area contributed by atoms with Crippen molar-refractivity contribution in [2.24, 2.45) is 7.05 Å². The van der Waals surface area contributed by atoms with Crippen LogP contribution in [-0.4, -0.2) is 25.3 Å². The first-order valence-electron chi connectivity index (χ1n) is 11.9. The van der Waals surface area contributed by atoms with Crippen LogP contribution in [-0.2, 0) is 7.05 Å². The number of anilines is 4. The molecule has 2 aromatic heterocycles. The molecule has 0 atom stereocenters. The van der Waals surface area contributed by atoms with Gasteiger partial charge in [0.15, 0.2) is 5.78 Å². The molecule has 1 aliphatic rings. The molecule has 182 valence electrons. The molecular formula is C29H24N6O2. The van der Waals surface area contributed by atoms with Gasteiger partial charge in [-0.2, -0.15) is 9.97 Å².